The Morgan fingerprint density at radius 1 is 1.53 bits per heavy atom. The van der Waals surface area contributed by atoms with Crippen LogP contribution < -0.4 is 5.32 Å². The Bertz CT molecular complexity index is 385. The number of ether oxygens (including phenoxy) is 1. The number of hydrogen-bond donors (Lipinski definition) is 1. The summed E-state index contributed by atoms with van der Waals surface area (Å²) < 4.78 is 48.8. The molecule has 1 saturated heterocycles. The molecular formula is C9H12F3N3O2. The molecule has 1 N–H and O–H groups in total. The average Bonchev–Trinajstić information content (AvgIpc) is 2.83. The molecule has 1 aliphatic rings. The molecule has 5 nitrogen and oxygen atoms in total. The normalized spacial score (nSPS) is 25.4. The summed E-state index contributed by atoms with van der Waals surface area (Å²) in [5.41, 5.74) is -2.06. The lowest BCUT2D eigenvalue weighted by Crippen LogP contribution is -2.44. The predicted molar refractivity (Wildman–Crippen MR) is 50.2 cm³/mol. The highest BCUT2D eigenvalue weighted by molar-refractivity contribution is 5.14. The van der Waals surface area contributed by atoms with Gasteiger partial charge < -0.3 is 14.6 Å². The van der Waals surface area contributed by atoms with E-state index in [1.807, 2.05) is 0 Å². The third kappa shape index (κ3) is 2.02. The smallest absolute Gasteiger partial charge is 0.377 e. The van der Waals surface area contributed by atoms with Crippen molar-refractivity contribution in [3.05, 3.63) is 11.7 Å². The van der Waals surface area contributed by atoms with Crippen LogP contribution in [0.4, 0.5) is 13.2 Å². The lowest BCUT2D eigenvalue weighted by molar-refractivity contribution is -0.191. The number of nitrogens with zero attached hydrogens (tertiary/aromatic N) is 2. The number of rotatable bonds is 3. The van der Waals surface area contributed by atoms with E-state index in [4.69, 9.17) is 9.26 Å². The van der Waals surface area contributed by atoms with Crippen molar-refractivity contribution in [1.29, 1.82) is 0 Å². The lowest BCUT2D eigenvalue weighted by atomic mass is 9.86. The molecule has 1 fully saturated rings. The van der Waals surface area contributed by atoms with Crippen LogP contribution in [0.1, 0.15) is 18.1 Å². The summed E-state index contributed by atoms with van der Waals surface area (Å²) in [4.78, 5) is 3.76. The molecule has 0 aliphatic carbocycles. The second-order valence-electron chi connectivity index (χ2n) is 3.96. The van der Waals surface area contributed by atoms with Crippen LogP contribution in [0.3, 0.4) is 0 Å². The van der Waals surface area contributed by atoms with Gasteiger partial charge in [0.05, 0.1) is 0 Å². The number of aromatic nitrogens is 2. The van der Waals surface area contributed by atoms with Crippen LogP contribution in [0.2, 0.25) is 0 Å². The van der Waals surface area contributed by atoms with E-state index in [-0.39, 0.29) is 37.8 Å². The molecule has 0 saturated carbocycles. The molecule has 1 aromatic rings. The van der Waals surface area contributed by atoms with E-state index in [0.29, 0.717) is 0 Å². The van der Waals surface area contributed by atoms with Crippen LogP contribution in [0.25, 0.3) is 0 Å². The van der Waals surface area contributed by atoms with Gasteiger partial charge in [-0.1, -0.05) is 5.16 Å². The lowest BCUT2D eigenvalue weighted by Gasteiger charge is -2.26. The largest absolute Gasteiger partial charge is 0.404 e. The van der Waals surface area contributed by atoms with E-state index < -0.39 is 11.6 Å². The van der Waals surface area contributed by atoms with E-state index in [0.717, 1.165) is 0 Å². The van der Waals surface area contributed by atoms with Gasteiger partial charge in [-0.2, -0.15) is 18.2 Å². The van der Waals surface area contributed by atoms with Crippen molar-refractivity contribution in [2.75, 3.05) is 20.2 Å². The zero-order chi connectivity index (χ0) is 12.5. The topological polar surface area (TPSA) is 60.2 Å². The molecule has 1 atom stereocenters. The van der Waals surface area contributed by atoms with Crippen LogP contribution in [0.15, 0.2) is 4.52 Å². The second kappa shape index (κ2) is 4.26. The van der Waals surface area contributed by atoms with Gasteiger partial charge in [-0.05, 0) is 13.0 Å². The fourth-order valence-electron chi connectivity index (χ4n) is 1.87. The predicted octanol–water partition coefficient (Wildman–Crippen LogP) is 1.01. The Balaban J connectivity index is 2.33. The van der Waals surface area contributed by atoms with Crippen LogP contribution in [0.5, 0.6) is 0 Å². The minimum atomic E-state index is -4.41. The second-order valence-corrected chi connectivity index (χ2v) is 3.96. The molecule has 2 heterocycles. The Labute approximate surface area is 95.3 Å². The highest BCUT2D eigenvalue weighted by Crippen LogP contribution is 2.44. The molecule has 8 heteroatoms. The van der Waals surface area contributed by atoms with Crippen molar-refractivity contribution in [2.24, 2.45) is 0 Å². The standard InChI is InChI=1S/C9H12F3N3O2/c1-16-4-6-14-7(17-15-6)8(9(10,11)12)2-3-13-5-8/h13H,2-5H2,1H3. The van der Waals surface area contributed by atoms with E-state index in [1.54, 1.807) is 0 Å². The maximum atomic E-state index is 13.1. The van der Waals surface area contributed by atoms with Gasteiger partial charge in [0.25, 0.3) is 0 Å². The van der Waals surface area contributed by atoms with E-state index in [1.165, 1.54) is 7.11 Å². The molecular weight excluding hydrogens is 239 g/mol. The van der Waals surface area contributed by atoms with Gasteiger partial charge in [-0.15, -0.1) is 0 Å². The fraction of sp³-hybridized carbons (Fsp3) is 0.778. The molecule has 1 unspecified atom stereocenters. The zero-order valence-electron chi connectivity index (χ0n) is 9.17. The highest BCUT2D eigenvalue weighted by atomic mass is 19.4. The number of nitrogens with one attached hydrogen (secondary N) is 1. The molecule has 1 aliphatic heterocycles. The first kappa shape index (κ1) is 12.3. The van der Waals surface area contributed by atoms with Crippen LogP contribution in [-0.4, -0.2) is 36.5 Å². The Hall–Kier alpha value is -1.15. The maximum Gasteiger partial charge on any atom is 0.404 e. The summed E-state index contributed by atoms with van der Waals surface area (Å²) >= 11 is 0. The maximum absolute atomic E-state index is 13.1. The summed E-state index contributed by atoms with van der Waals surface area (Å²) in [6.07, 6.45) is -4.50. The van der Waals surface area contributed by atoms with Gasteiger partial charge >= 0.3 is 6.18 Å². The molecule has 17 heavy (non-hydrogen) atoms. The monoisotopic (exact) mass is 251 g/mol. The minimum absolute atomic E-state index is 0.0326. The number of methoxy groups -OCH3 is 1. The first-order valence-electron chi connectivity index (χ1n) is 5.09. The molecule has 96 valence electrons. The van der Waals surface area contributed by atoms with E-state index in [2.05, 4.69) is 15.5 Å². The molecule has 0 amide bonds. The molecule has 0 spiro atoms. The first-order chi connectivity index (χ1) is 7.99. The number of halogens is 3. The summed E-state index contributed by atoms with van der Waals surface area (Å²) in [5, 5.41) is 6.15. The Morgan fingerprint density at radius 2 is 2.29 bits per heavy atom. The molecule has 0 radical (unpaired) electrons. The van der Waals surface area contributed by atoms with E-state index in [9.17, 15) is 13.2 Å². The summed E-state index contributed by atoms with van der Waals surface area (Å²) in [7, 11) is 1.41. The van der Waals surface area contributed by atoms with Gasteiger partial charge in [0, 0.05) is 13.7 Å². The van der Waals surface area contributed by atoms with E-state index >= 15 is 0 Å². The van der Waals surface area contributed by atoms with Crippen LogP contribution >= 0.6 is 0 Å². The van der Waals surface area contributed by atoms with Crippen molar-refractivity contribution in [1.82, 2.24) is 15.5 Å². The van der Waals surface area contributed by atoms with Crippen LogP contribution in [-0.2, 0) is 16.8 Å². The van der Waals surface area contributed by atoms with Crippen molar-refractivity contribution in [3.63, 3.8) is 0 Å². The molecule has 2 rings (SSSR count). The molecule has 1 aromatic heterocycles. The molecule has 0 bridgehead atoms. The number of alkyl halides is 3. The Kier molecular flexibility index (Phi) is 3.09. The average molecular weight is 251 g/mol. The summed E-state index contributed by atoms with van der Waals surface area (Å²) in [6.45, 7) is 0.0808. The Morgan fingerprint density at radius 3 is 2.82 bits per heavy atom. The van der Waals surface area contributed by atoms with Gasteiger partial charge in [0.2, 0.25) is 5.89 Å². The summed E-state index contributed by atoms with van der Waals surface area (Å²) in [6, 6.07) is 0. The van der Waals surface area contributed by atoms with Crippen molar-refractivity contribution < 1.29 is 22.4 Å². The van der Waals surface area contributed by atoms with Crippen molar-refractivity contribution in [3.8, 4) is 0 Å². The van der Waals surface area contributed by atoms with Gasteiger partial charge in [0.1, 0.15) is 6.61 Å². The third-order valence-electron chi connectivity index (χ3n) is 2.85. The van der Waals surface area contributed by atoms with Crippen molar-refractivity contribution >= 4 is 0 Å². The van der Waals surface area contributed by atoms with Crippen LogP contribution in [0, 0.1) is 0 Å². The summed E-state index contributed by atoms with van der Waals surface area (Å²) in [5.74, 6) is -0.264. The fourth-order valence-corrected chi connectivity index (χ4v) is 1.87. The first-order valence-corrected chi connectivity index (χ1v) is 5.09. The number of hydrogen-bond acceptors (Lipinski definition) is 5. The SMILES string of the molecule is COCc1noc(C2(C(F)(F)F)CCNC2)n1. The van der Waals surface area contributed by atoms with Gasteiger partial charge in [-0.25, -0.2) is 0 Å². The zero-order valence-corrected chi connectivity index (χ0v) is 9.17. The molecule has 0 aromatic carbocycles. The third-order valence-corrected chi connectivity index (χ3v) is 2.85. The van der Waals surface area contributed by atoms with Gasteiger partial charge in [-0.3, -0.25) is 0 Å². The quantitative estimate of drug-likeness (QED) is 0.868. The van der Waals surface area contributed by atoms with Gasteiger partial charge in [0.15, 0.2) is 11.2 Å². The minimum Gasteiger partial charge on any atom is -0.377 e. The highest BCUT2D eigenvalue weighted by Gasteiger charge is 2.61. The van der Waals surface area contributed by atoms with Crippen molar-refractivity contribution in [2.45, 2.75) is 24.6 Å².